The minimum absolute atomic E-state index is 0.137. The van der Waals surface area contributed by atoms with Gasteiger partial charge in [0, 0.05) is 5.02 Å². The summed E-state index contributed by atoms with van der Waals surface area (Å²) in [6.07, 6.45) is 12.4. The minimum Gasteiger partial charge on any atom is -0.333 e. The summed E-state index contributed by atoms with van der Waals surface area (Å²) < 4.78 is 12.7. The fourth-order valence-electron chi connectivity index (χ4n) is 4.63. The highest BCUT2D eigenvalue weighted by molar-refractivity contribution is 6.32. The van der Waals surface area contributed by atoms with Crippen LogP contribution < -0.4 is 5.73 Å². The lowest BCUT2D eigenvalue weighted by molar-refractivity contribution is 0.219. The lowest BCUT2D eigenvalue weighted by Crippen LogP contribution is -2.30. The van der Waals surface area contributed by atoms with Crippen LogP contribution in [0, 0.1) is 18.7 Å². The molecule has 0 aliphatic carbocycles. The Hall–Kier alpha value is -2.46. The maximum Gasteiger partial charge on any atom is 0.123 e. The minimum atomic E-state index is -0.137. The first-order chi connectivity index (χ1) is 19.8. The summed E-state index contributed by atoms with van der Waals surface area (Å²) in [6, 6.07) is 11.1. The van der Waals surface area contributed by atoms with E-state index in [-0.39, 0.29) is 5.82 Å². The summed E-state index contributed by atoms with van der Waals surface area (Å²) in [7, 11) is 3.67. The maximum absolute atomic E-state index is 12.7. The Morgan fingerprint density at radius 3 is 2.12 bits per heavy atom. The second-order valence-electron chi connectivity index (χ2n) is 9.73. The number of nitrogens with two attached hydrogens (primary N) is 1. The van der Waals surface area contributed by atoms with Crippen LogP contribution in [0.4, 0.5) is 4.39 Å². The number of hydrogen-bond donors (Lipinski definition) is 1. The van der Waals surface area contributed by atoms with E-state index in [2.05, 4.69) is 76.9 Å². The van der Waals surface area contributed by atoms with Gasteiger partial charge in [-0.15, -0.1) is 13.2 Å². The first-order valence-electron chi connectivity index (χ1n) is 15.1. The van der Waals surface area contributed by atoms with Crippen molar-refractivity contribution in [2.75, 3.05) is 27.2 Å². The van der Waals surface area contributed by atoms with Crippen LogP contribution in [0.5, 0.6) is 0 Å². The number of halogens is 2. The molecule has 1 fully saturated rings. The summed E-state index contributed by atoms with van der Waals surface area (Å²) in [6.45, 7) is 26.9. The third-order valence-corrected chi connectivity index (χ3v) is 7.21. The van der Waals surface area contributed by atoms with Crippen LogP contribution in [0.1, 0.15) is 88.5 Å². The Morgan fingerprint density at radius 1 is 1.07 bits per heavy atom. The molecule has 0 amide bonds. The van der Waals surface area contributed by atoms with Crippen molar-refractivity contribution in [3.8, 4) is 0 Å². The van der Waals surface area contributed by atoms with Crippen molar-refractivity contribution in [3.63, 3.8) is 0 Å². The molecule has 41 heavy (non-hydrogen) atoms. The molecule has 2 nitrogen and oxygen atoms in total. The van der Waals surface area contributed by atoms with Crippen molar-refractivity contribution in [2.45, 2.75) is 79.6 Å². The van der Waals surface area contributed by atoms with Gasteiger partial charge in [0.1, 0.15) is 5.82 Å². The highest BCUT2D eigenvalue weighted by atomic mass is 35.5. The molecular weight excluding hydrogens is 527 g/mol. The first kappa shape index (κ1) is 40.7. The number of benzene rings is 2. The Bertz CT molecular complexity index is 1000. The molecule has 0 unspecified atom stereocenters. The number of aryl methyl sites for hydroxylation is 1. The second-order valence-corrected chi connectivity index (χ2v) is 10.1. The zero-order valence-corrected chi connectivity index (χ0v) is 27.9. The van der Waals surface area contributed by atoms with Gasteiger partial charge in [0.2, 0.25) is 0 Å². The number of unbranched alkanes of at least 4 members (excludes halogenated alkanes) is 2. The van der Waals surface area contributed by atoms with Gasteiger partial charge < -0.3 is 10.6 Å². The van der Waals surface area contributed by atoms with Crippen LogP contribution in [0.3, 0.4) is 0 Å². The molecule has 2 N–H and O–H groups in total. The lowest BCUT2D eigenvalue weighted by atomic mass is 9.90. The van der Waals surface area contributed by atoms with Gasteiger partial charge in [-0.2, -0.15) is 0 Å². The van der Waals surface area contributed by atoms with E-state index in [4.69, 9.17) is 11.6 Å². The molecule has 1 heterocycles. The van der Waals surface area contributed by atoms with Crippen LogP contribution in [0.2, 0.25) is 5.02 Å². The molecule has 1 aliphatic rings. The van der Waals surface area contributed by atoms with Crippen molar-refractivity contribution < 1.29 is 4.39 Å². The summed E-state index contributed by atoms with van der Waals surface area (Å²) in [5.74, 6) is 0.647. The number of nitrogens with zero attached hydrogens (tertiary/aromatic N) is 1. The predicted molar refractivity (Wildman–Crippen MR) is 186 cm³/mol. The summed E-state index contributed by atoms with van der Waals surface area (Å²) in [5, 5.41) is 0.758. The summed E-state index contributed by atoms with van der Waals surface area (Å²) in [5.41, 5.74) is 11.6. The van der Waals surface area contributed by atoms with Crippen LogP contribution in [0.25, 0.3) is 11.6 Å². The average Bonchev–Trinajstić information content (AvgIpc) is 3.00. The molecule has 2 aromatic carbocycles. The molecule has 1 saturated heterocycles. The van der Waals surface area contributed by atoms with Gasteiger partial charge in [0.25, 0.3) is 0 Å². The van der Waals surface area contributed by atoms with Crippen molar-refractivity contribution in [1.29, 1.82) is 0 Å². The van der Waals surface area contributed by atoms with Crippen molar-refractivity contribution >= 4 is 23.3 Å². The standard InChI is InChI=1S/C19H25Cl.C13H18FN.C2H6.C2H4.CH5N/c1-6-9-10-11-14(4)17(8-3)18-13-16(7-2)19(20)12-15(18)5;1-15-8-6-12(7-9-15)10-11-2-4-13(14)5-3-11;3*1-2/h7-8,12-13H,2,4,6,9-11H2,1,3,5H3;2-5,12H,6-10H2,1H3;1-2H3;1-2H2;2H2,1H3/b17-8-;;;;. The molecule has 0 bridgehead atoms. The smallest absolute Gasteiger partial charge is 0.123 e. The zero-order valence-electron chi connectivity index (χ0n) is 27.2. The lowest BCUT2D eigenvalue weighted by Gasteiger charge is -2.28. The number of hydrogen-bond acceptors (Lipinski definition) is 2. The topological polar surface area (TPSA) is 29.3 Å². The quantitative estimate of drug-likeness (QED) is 0.180. The van der Waals surface area contributed by atoms with E-state index in [1.165, 1.54) is 80.1 Å². The maximum atomic E-state index is 12.7. The summed E-state index contributed by atoms with van der Waals surface area (Å²) >= 11 is 6.22. The van der Waals surface area contributed by atoms with Gasteiger partial charge in [-0.1, -0.05) is 82.7 Å². The zero-order chi connectivity index (χ0) is 31.8. The van der Waals surface area contributed by atoms with E-state index in [9.17, 15) is 4.39 Å². The SMILES string of the molecule is C=C.C=Cc1cc(/C(=C\C)C(=C)CCCCC)c(C)cc1Cl.CC.CN.CN1CCC(Cc2ccc(F)cc2)CC1. The molecule has 2 aromatic rings. The molecule has 3 rings (SSSR count). The molecule has 1 aliphatic heterocycles. The number of likely N-dealkylation sites (tertiary alicyclic amines) is 1. The average molecular weight is 585 g/mol. The van der Waals surface area contributed by atoms with Gasteiger partial charge in [-0.05, 0) is 137 Å². The third-order valence-electron chi connectivity index (χ3n) is 6.88. The third kappa shape index (κ3) is 15.9. The number of allylic oxidation sites excluding steroid dienone is 3. The van der Waals surface area contributed by atoms with Crippen molar-refractivity contribution in [3.05, 3.63) is 107 Å². The van der Waals surface area contributed by atoms with Gasteiger partial charge in [0.05, 0.1) is 0 Å². The van der Waals surface area contributed by atoms with Crippen molar-refractivity contribution in [2.24, 2.45) is 11.7 Å². The normalized spacial score (nSPS) is 13.1. The fourth-order valence-corrected chi connectivity index (χ4v) is 4.92. The molecule has 0 atom stereocenters. The number of rotatable bonds is 9. The largest absolute Gasteiger partial charge is 0.333 e. The Kier molecular flexibility index (Phi) is 25.1. The highest BCUT2D eigenvalue weighted by Gasteiger charge is 2.16. The van der Waals surface area contributed by atoms with Crippen LogP contribution in [0.15, 0.2) is 74.4 Å². The van der Waals surface area contributed by atoms with Gasteiger partial charge in [0.15, 0.2) is 0 Å². The van der Waals surface area contributed by atoms with E-state index < -0.39 is 0 Å². The number of piperidine rings is 1. The molecule has 0 aromatic heterocycles. The van der Waals surface area contributed by atoms with E-state index in [0.29, 0.717) is 0 Å². The Labute approximate surface area is 257 Å². The molecular formula is C37H58ClFN2. The van der Waals surface area contributed by atoms with Crippen molar-refractivity contribution in [1.82, 2.24) is 4.90 Å². The first-order valence-corrected chi connectivity index (χ1v) is 15.4. The Balaban J connectivity index is 0. The van der Waals surface area contributed by atoms with Gasteiger partial charge >= 0.3 is 0 Å². The van der Waals surface area contributed by atoms with Crippen LogP contribution >= 0.6 is 11.6 Å². The fraction of sp³-hybridized carbons (Fsp3) is 0.459. The Morgan fingerprint density at radius 2 is 1.63 bits per heavy atom. The molecule has 0 radical (unpaired) electrons. The highest BCUT2D eigenvalue weighted by Crippen LogP contribution is 2.32. The van der Waals surface area contributed by atoms with E-state index in [1.807, 2.05) is 32.0 Å². The summed E-state index contributed by atoms with van der Waals surface area (Å²) in [4.78, 5) is 2.38. The second kappa shape index (κ2) is 25.3. The van der Waals surface area contributed by atoms with E-state index in [0.717, 1.165) is 29.3 Å². The predicted octanol–water partition coefficient (Wildman–Crippen LogP) is 10.9. The molecule has 0 spiro atoms. The van der Waals surface area contributed by atoms with Gasteiger partial charge in [-0.25, -0.2) is 4.39 Å². The van der Waals surface area contributed by atoms with Crippen LogP contribution in [-0.4, -0.2) is 32.1 Å². The van der Waals surface area contributed by atoms with E-state index in [1.54, 1.807) is 18.2 Å². The molecule has 0 saturated carbocycles. The van der Waals surface area contributed by atoms with Gasteiger partial charge in [-0.3, -0.25) is 0 Å². The molecule has 230 valence electrons. The monoisotopic (exact) mass is 584 g/mol. The molecule has 4 heteroatoms. The van der Waals surface area contributed by atoms with Crippen LogP contribution in [-0.2, 0) is 6.42 Å². The van der Waals surface area contributed by atoms with E-state index >= 15 is 0 Å².